The average Bonchev–Trinajstić information content (AvgIpc) is 3.52. The first-order valence-corrected chi connectivity index (χ1v) is 10.9. The summed E-state index contributed by atoms with van der Waals surface area (Å²) in [7, 11) is 1.47. The molecular weight excluding hydrogens is 472 g/mol. The van der Waals surface area contributed by atoms with E-state index in [1.807, 2.05) is 0 Å². The van der Waals surface area contributed by atoms with Gasteiger partial charge in [-0.2, -0.15) is 5.10 Å². The Bertz CT molecular complexity index is 1430. The highest BCUT2D eigenvalue weighted by molar-refractivity contribution is 6.04. The van der Waals surface area contributed by atoms with Gasteiger partial charge in [-0.15, -0.1) is 10.2 Å². The van der Waals surface area contributed by atoms with Crippen molar-refractivity contribution in [1.82, 2.24) is 25.1 Å². The molecule has 4 aromatic rings. The van der Waals surface area contributed by atoms with Gasteiger partial charge in [0, 0.05) is 30.1 Å². The van der Waals surface area contributed by atoms with Crippen LogP contribution in [0.15, 0.2) is 47.2 Å². The molecule has 2 amide bonds. The Morgan fingerprint density at radius 1 is 1.33 bits per heavy atom. The molecule has 36 heavy (non-hydrogen) atoms. The van der Waals surface area contributed by atoms with Crippen LogP contribution in [0, 0.1) is 0 Å². The first kappa shape index (κ1) is 23.2. The lowest BCUT2D eigenvalue weighted by Gasteiger charge is -2.36. The van der Waals surface area contributed by atoms with Crippen LogP contribution in [0.5, 0.6) is 5.88 Å². The van der Waals surface area contributed by atoms with E-state index in [1.54, 1.807) is 37.4 Å². The number of ether oxygens (including phenoxy) is 2. The van der Waals surface area contributed by atoms with Gasteiger partial charge in [-0.05, 0) is 19.1 Å². The van der Waals surface area contributed by atoms with Crippen molar-refractivity contribution < 1.29 is 28.7 Å². The number of rotatable bonds is 6. The molecule has 1 aromatic carbocycles. The van der Waals surface area contributed by atoms with Crippen molar-refractivity contribution in [3.05, 3.63) is 42.7 Å². The number of nitrogens with zero attached hydrogens (tertiary/aromatic N) is 6. The van der Waals surface area contributed by atoms with E-state index in [9.17, 15) is 14.7 Å². The number of methoxy groups -OCH3 is 1. The summed E-state index contributed by atoms with van der Waals surface area (Å²) in [5, 5.41) is 29.6. The summed E-state index contributed by atoms with van der Waals surface area (Å²) in [4.78, 5) is 27.4. The molecule has 0 radical (unpaired) electrons. The number of carbonyl (C=O) groups is 2. The molecule has 0 aliphatic carbocycles. The zero-order valence-corrected chi connectivity index (χ0v) is 19.2. The van der Waals surface area contributed by atoms with Gasteiger partial charge in [-0.1, -0.05) is 5.16 Å². The number of fused-ring (bicyclic) bond motifs is 1. The van der Waals surface area contributed by atoms with Crippen LogP contribution < -0.4 is 20.7 Å². The van der Waals surface area contributed by atoms with E-state index in [2.05, 4.69) is 25.8 Å². The van der Waals surface area contributed by atoms with Crippen LogP contribution in [0.25, 0.3) is 16.7 Å². The van der Waals surface area contributed by atoms with E-state index in [-0.39, 0.29) is 12.4 Å². The van der Waals surface area contributed by atoms with Gasteiger partial charge < -0.3 is 30.2 Å². The van der Waals surface area contributed by atoms with Crippen LogP contribution in [0.2, 0.25) is 0 Å². The summed E-state index contributed by atoms with van der Waals surface area (Å²) in [5.74, 6) is -0.586. The second kappa shape index (κ2) is 9.24. The third-order valence-corrected chi connectivity index (χ3v) is 5.59. The zero-order chi connectivity index (χ0) is 25.4. The normalized spacial score (nSPS) is 18.9. The molecule has 0 unspecified atom stereocenters. The summed E-state index contributed by atoms with van der Waals surface area (Å²) in [6.45, 7) is 1.91. The summed E-state index contributed by atoms with van der Waals surface area (Å²) >= 11 is 0. The molecule has 1 aliphatic heterocycles. The number of aromatic nitrogens is 5. The molecule has 0 saturated carbocycles. The average molecular weight is 494 g/mol. The maximum absolute atomic E-state index is 13.2. The van der Waals surface area contributed by atoms with Gasteiger partial charge >= 0.3 is 0 Å². The topological polar surface area (TPSA) is 184 Å². The van der Waals surface area contributed by atoms with Gasteiger partial charge in [0.05, 0.1) is 37.0 Å². The highest BCUT2D eigenvalue weighted by Crippen LogP contribution is 2.26. The Morgan fingerprint density at radius 2 is 2.17 bits per heavy atom. The highest BCUT2D eigenvalue weighted by atomic mass is 16.5. The van der Waals surface area contributed by atoms with Crippen LogP contribution in [-0.2, 0) is 14.3 Å². The maximum atomic E-state index is 13.2. The third kappa shape index (κ3) is 4.30. The molecule has 3 aromatic heterocycles. The summed E-state index contributed by atoms with van der Waals surface area (Å²) < 4.78 is 17.3. The van der Waals surface area contributed by atoms with Crippen LogP contribution in [0.3, 0.4) is 0 Å². The predicted molar refractivity (Wildman–Crippen MR) is 125 cm³/mol. The molecule has 5 rings (SSSR count). The lowest BCUT2D eigenvalue weighted by Crippen LogP contribution is -2.58. The fraction of sp³-hybridized carbons (Fsp3) is 0.273. The minimum Gasteiger partial charge on any atom is -0.480 e. The Kier molecular flexibility index (Phi) is 5.95. The SMILES string of the molecule is COc1cc(-n2ccc(N3C[C@@H](C)O[C@H]([C@@H](O)C(=O)Nc4ccc5c(N)noc5c4)C3=O)n2)cnn1. The van der Waals surface area contributed by atoms with Gasteiger partial charge in [0.25, 0.3) is 11.8 Å². The molecule has 186 valence electrons. The number of carbonyl (C=O) groups excluding carboxylic acids is 2. The number of amides is 2. The fourth-order valence-corrected chi connectivity index (χ4v) is 3.82. The lowest BCUT2D eigenvalue weighted by molar-refractivity contribution is -0.156. The first-order valence-electron chi connectivity index (χ1n) is 10.9. The molecule has 1 aliphatic rings. The number of benzene rings is 1. The van der Waals surface area contributed by atoms with Gasteiger partial charge in [0.15, 0.2) is 29.4 Å². The van der Waals surface area contributed by atoms with Crippen LogP contribution in [-0.4, -0.2) is 74.0 Å². The number of nitrogen functional groups attached to an aromatic ring is 1. The van der Waals surface area contributed by atoms with Crippen molar-refractivity contribution in [1.29, 1.82) is 0 Å². The largest absolute Gasteiger partial charge is 0.480 e. The van der Waals surface area contributed by atoms with E-state index >= 15 is 0 Å². The number of hydrogen-bond donors (Lipinski definition) is 3. The Hall–Kier alpha value is -4.56. The standard InChI is InChI=1S/C22H22N8O6/c1-11-10-29(16-5-6-30(27-16)13-8-17(34-2)26-24-9-13)22(33)19(35-11)18(31)21(32)25-12-3-4-14-15(7-12)36-28-20(14)23/h3-9,11,18-19,31H,10H2,1-2H3,(H2,23,28)(H,25,32)/t11-,18-,19-/m1/s1. The third-order valence-electron chi connectivity index (χ3n) is 5.59. The smallest absolute Gasteiger partial charge is 0.260 e. The van der Waals surface area contributed by atoms with Crippen LogP contribution in [0.1, 0.15) is 6.92 Å². The molecular formula is C22H22N8O6. The number of nitrogens with two attached hydrogens (primary N) is 1. The van der Waals surface area contributed by atoms with E-state index in [0.29, 0.717) is 34.0 Å². The Balaban J connectivity index is 1.32. The summed E-state index contributed by atoms with van der Waals surface area (Å²) in [6.07, 6.45) is -0.564. The van der Waals surface area contributed by atoms with E-state index in [1.165, 1.54) is 29.0 Å². The van der Waals surface area contributed by atoms with Gasteiger partial charge in [-0.3, -0.25) is 14.5 Å². The molecule has 0 bridgehead atoms. The molecule has 14 nitrogen and oxygen atoms in total. The van der Waals surface area contributed by atoms with Crippen LogP contribution >= 0.6 is 0 Å². The number of morpholine rings is 1. The first-order chi connectivity index (χ1) is 17.3. The van der Waals surface area contributed by atoms with Crippen molar-refractivity contribution in [3.63, 3.8) is 0 Å². The maximum Gasteiger partial charge on any atom is 0.260 e. The molecule has 14 heteroatoms. The predicted octanol–water partition coefficient (Wildman–Crippen LogP) is 0.514. The second-order valence-corrected chi connectivity index (χ2v) is 8.10. The van der Waals surface area contributed by atoms with Gasteiger partial charge in [-0.25, -0.2) is 4.68 Å². The molecule has 4 N–H and O–H groups in total. The number of aliphatic hydroxyl groups excluding tert-OH is 1. The van der Waals surface area contributed by atoms with Crippen molar-refractivity contribution >= 4 is 40.1 Å². The summed E-state index contributed by atoms with van der Waals surface area (Å²) in [5.41, 5.74) is 6.97. The van der Waals surface area contributed by atoms with Crippen molar-refractivity contribution in [2.75, 3.05) is 29.6 Å². The van der Waals surface area contributed by atoms with Gasteiger partial charge in [0.1, 0.15) is 0 Å². The van der Waals surface area contributed by atoms with Crippen molar-refractivity contribution in [3.8, 4) is 11.6 Å². The van der Waals surface area contributed by atoms with Gasteiger partial charge in [0.2, 0.25) is 5.88 Å². The lowest BCUT2D eigenvalue weighted by atomic mass is 10.1. The van der Waals surface area contributed by atoms with E-state index in [4.69, 9.17) is 19.7 Å². The van der Waals surface area contributed by atoms with E-state index < -0.39 is 30.1 Å². The summed E-state index contributed by atoms with van der Waals surface area (Å²) in [6, 6.07) is 7.98. The zero-order valence-electron chi connectivity index (χ0n) is 19.2. The van der Waals surface area contributed by atoms with Crippen molar-refractivity contribution in [2.24, 2.45) is 0 Å². The second-order valence-electron chi connectivity index (χ2n) is 8.10. The minimum absolute atomic E-state index is 0.183. The Labute approximate surface area is 203 Å². The molecule has 3 atom stereocenters. The minimum atomic E-state index is -1.78. The van der Waals surface area contributed by atoms with E-state index in [0.717, 1.165) is 0 Å². The number of aliphatic hydroxyl groups is 1. The molecule has 0 spiro atoms. The quantitative estimate of drug-likeness (QED) is 0.339. The molecule has 4 heterocycles. The Morgan fingerprint density at radius 3 is 2.97 bits per heavy atom. The monoisotopic (exact) mass is 494 g/mol. The highest BCUT2D eigenvalue weighted by Gasteiger charge is 2.42. The molecule has 1 fully saturated rings. The number of nitrogens with one attached hydrogen (secondary N) is 1. The molecule has 1 saturated heterocycles. The number of anilines is 3. The van der Waals surface area contributed by atoms with Crippen molar-refractivity contribution in [2.45, 2.75) is 25.2 Å². The number of hydrogen-bond acceptors (Lipinski definition) is 11. The fourth-order valence-electron chi connectivity index (χ4n) is 3.82. The van der Waals surface area contributed by atoms with Crippen LogP contribution in [0.4, 0.5) is 17.3 Å².